The molecule has 0 saturated carbocycles. The van der Waals surface area contributed by atoms with E-state index in [-0.39, 0.29) is 6.04 Å². The van der Waals surface area contributed by atoms with Gasteiger partial charge < -0.3 is 5.73 Å². The molecule has 18 heavy (non-hydrogen) atoms. The average molecular weight is 279 g/mol. The lowest BCUT2D eigenvalue weighted by Crippen LogP contribution is -2.28. The molecule has 1 atom stereocenters. The van der Waals surface area contributed by atoms with E-state index in [0.717, 1.165) is 17.4 Å². The van der Waals surface area contributed by atoms with E-state index in [1.165, 1.54) is 16.0 Å². The van der Waals surface area contributed by atoms with Gasteiger partial charge in [0.05, 0.1) is 10.4 Å². The maximum absolute atomic E-state index is 6.02. The number of halogens is 1. The maximum Gasteiger partial charge on any atom is 0.0931 e. The Labute approximate surface area is 116 Å². The van der Waals surface area contributed by atoms with Crippen LogP contribution < -0.4 is 5.73 Å². The second-order valence-electron chi connectivity index (χ2n) is 4.57. The highest BCUT2D eigenvalue weighted by Crippen LogP contribution is 2.34. The van der Waals surface area contributed by atoms with E-state index < -0.39 is 0 Å². The zero-order valence-electron chi connectivity index (χ0n) is 9.97. The van der Waals surface area contributed by atoms with Crippen molar-refractivity contribution < 1.29 is 0 Å². The summed E-state index contributed by atoms with van der Waals surface area (Å²) < 4.78 is 0.833. The van der Waals surface area contributed by atoms with Gasteiger partial charge in [0.25, 0.3) is 0 Å². The Bertz CT molecular complexity index is 527. The standard InChI is InChI=1S/C14H15ClN2S/c15-14-6-5-13(18-14)12(7-16)17-8-10-3-1-2-4-11(10)9-17/h1-6,12H,7-9,16H2. The first-order chi connectivity index (χ1) is 8.78. The summed E-state index contributed by atoms with van der Waals surface area (Å²) in [6.07, 6.45) is 0. The Kier molecular flexibility index (Phi) is 3.39. The number of benzene rings is 1. The topological polar surface area (TPSA) is 29.3 Å². The first-order valence-corrected chi connectivity index (χ1v) is 7.23. The molecule has 1 aromatic heterocycles. The quantitative estimate of drug-likeness (QED) is 0.932. The molecule has 0 radical (unpaired) electrons. The normalized spacial score (nSPS) is 16.8. The van der Waals surface area contributed by atoms with Crippen LogP contribution in [0.15, 0.2) is 36.4 Å². The second kappa shape index (κ2) is 5.02. The van der Waals surface area contributed by atoms with Crippen molar-refractivity contribution in [3.05, 3.63) is 56.7 Å². The van der Waals surface area contributed by atoms with Gasteiger partial charge in [-0.05, 0) is 23.3 Å². The Balaban J connectivity index is 1.83. The zero-order valence-corrected chi connectivity index (χ0v) is 11.5. The summed E-state index contributed by atoms with van der Waals surface area (Å²) in [6.45, 7) is 2.59. The van der Waals surface area contributed by atoms with Gasteiger partial charge in [-0.2, -0.15) is 0 Å². The first-order valence-electron chi connectivity index (χ1n) is 6.04. The number of fused-ring (bicyclic) bond motifs is 1. The molecule has 4 heteroatoms. The van der Waals surface area contributed by atoms with Gasteiger partial charge in [-0.3, -0.25) is 4.90 Å². The Morgan fingerprint density at radius 1 is 1.17 bits per heavy atom. The Hall–Kier alpha value is -0.870. The van der Waals surface area contributed by atoms with Crippen LogP contribution in [-0.4, -0.2) is 11.4 Å². The molecule has 0 saturated heterocycles. The van der Waals surface area contributed by atoms with E-state index in [0.29, 0.717) is 6.54 Å². The lowest BCUT2D eigenvalue weighted by molar-refractivity contribution is 0.208. The first kappa shape index (κ1) is 12.2. The molecule has 1 unspecified atom stereocenters. The van der Waals surface area contributed by atoms with Crippen molar-refractivity contribution in [2.75, 3.05) is 6.54 Å². The number of nitrogens with two attached hydrogens (primary N) is 1. The van der Waals surface area contributed by atoms with E-state index in [1.54, 1.807) is 11.3 Å². The van der Waals surface area contributed by atoms with Crippen LogP contribution in [0.4, 0.5) is 0 Å². The number of rotatable bonds is 3. The van der Waals surface area contributed by atoms with Crippen LogP contribution in [0.1, 0.15) is 22.0 Å². The molecule has 2 N–H and O–H groups in total. The molecule has 1 aliphatic heterocycles. The summed E-state index contributed by atoms with van der Waals surface area (Å²) in [5.41, 5.74) is 8.78. The van der Waals surface area contributed by atoms with Crippen molar-refractivity contribution in [1.29, 1.82) is 0 Å². The SMILES string of the molecule is NCC(c1ccc(Cl)s1)N1Cc2ccccc2C1. The molecule has 2 aromatic rings. The van der Waals surface area contributed by atoms with E-state index in [1.807, 2.05) is 6.07 Å². The van der Waals surface area contributed by atoms with E-state index >= 15 is 0 Å². The van der Waals surface area contributed by atoms with Crippen LogP contribution >= 0.6 is 22.9 Å². The number of hydrogen-bond donors (Lipinski definition) is 1. The van der Waals surface area contributed by atoms with E-state index in [9.17, 15) is 0 Å². The van der Waals surface area contributed by atoms with Crippen molar-refractivity contribution in [2.45, 2.75) is 19.1 Å². The molecule has 1 aliphatic rings. The minimum Gasteiger partial charge on any atom is -0.329 e. The van der Waals surface area contributed by atoms with E-state index in [4.69, 9.17) is 17.3 Å². The van der Waals surface area contributed by atoms with Crippen molar-refractivity contribution in [3.8, 4) is 0 Å². The molecular weight excluding hydrogens is 264 g/mol. The third-order valence-electron chi connectivity index (χ3n) is 3.45. The van der Waals surface area contributed by atoms with Crippen molar-refractivity contribution in [1.82, 2.24) is 4.90 Å². The lowest BCUT2D eigenvalue weighted by Gasteiger charge is -2.25. The number of hydrogen-bond acceptors (Lipinski definition) is 3. The highest BCUT2D eigenvalue weighted by molar-refractivity contribution is 7.16. The molecule has 3 rings (SSSR count). The smallest absolute Gasteiger partial charge is 0.0931 e. The van der Waals surface area contributed by atoms with Crippen LogP contribution in [0.2, 0.25) is 4.34 Å². The van der Waals surface area contributed by atoms with Gasteiger partial charge in [0, 0.05) is 24.5 Å². The minimum absolute atomic E-state index is 0.273. The van der Waals surface area contributed by atoms with Crippen LogP contribution in [0.3, 0.4) is 0 Å². The summed E-state index contributed by atoms with van der Waals surface area (Å²) in [5.74, 6) is 0. The molecule has 2 heterocycles. The third kappa shape index (κ3) is 2.19. The Morgan fingerprint density at radius 2 is 1.83 bits per heavy atom. The molecule has 0 spiro atoms. The Morgan fingerprint density at radius 3 is 2.33 bits per heavy atom. The summed E-state index contributed by atoms with van der Waals surface area (Å²) in [4.78, 5) is 3.68. The largest absolute Gasteiger partial charge is 0.329 e. The molecule has 94 valence electrons. The van der Waals surface area contributed by atoms with Gasteiger partial charge in [0.1, 0.15) is 0 Å². The lowest BCUT2D eigenvalue weighted by atomic mass is 10.1. The monoisotopic (exact) mass is 278 g/mol. The van der Waals surface area contributed by atoms with Crippen LogP contribution in [0.25, 0.3) is 0 Å². The van der Waals surface area contributed by atoms with Crippen LogP contribution in [0, 0.1) is 0 Å². The number of thiophene rings is 1. The fourth-order valence-electron chi connectivity index (χ4n) is 2.53. The summed E-state index contributed by atoms with van der Waals surface area (Å²) in [7, 11) is 0. The molecule has 0 bridgehead atoms. The highest BCUT2D eigenvalue weighted by Gasteiger charge is 2.26. The summed E-state index contributed by atoms with van der Waals surface area (Å²) in [6, 6.07) is 12.9. The van der Waals surface area contributed by atoms with Gasteiger partial charge in [0.2, 0.25) is 0 Å². The predicted octanol–water partition coefficient (Wildman–Crippen LogP) is 3.42. The van der Waals surface area contributed by atoms with Crippen molar-refractivity contribution >= 4 is 22.9 Å². The van der Waals surface area contributed by atoms with Crippen molar-refractivity contribution in [3.63, 3.8) is 0 Å². The molecular formula is C14H15ClN2S. The van der Waals surface area contributed by atoms with Gasteiger partial charge in [-0.1, -0.05) is 35.9 Å². The van der Waals surface area contributed by atoms with Gasteiger partial charge in [0.15, 0.2) is 0 Å². The zero-order chi connectivity index (χ0) is 12.5. The fourth-order valence-corrected chi connectivity index (χ4v) is 3.74. The second-order valence-corrected chi connectivity index (χ2v) is 6.31. The van der Waals surface area contributed by atoms with Crippen molar-refractivity contribution in [2.24, 2.45) is 5.73 Å². The van der Waals surface area contributed by atoms with Crippen LogP contribution in [0.5, 0.6) is 0 Å². The molecule has 0 fully saturated rings. The fraction of sp³-hybridized carbons (Fsp3) is 0.286. The molecule has 0 aliphatic carbocycles. The summed E-state index contributed by atoms with van der Waals surface area (Å²) in [5, 5.41) is 0. The summed E-state index contributed by atoms with van der Waals surface area (Å²) >= 11 is 7.65. The maximum atomic E-state index is 6.02. The number of nitrogens with zero attached hydrogens (tertiary/aromatic N) is 1. The van der Waals surface area contributed by atoms with Crippen LogP contribution in [-0.2, 0) is 13.1 Å². The van der Waals surface area contributed by atoms with Gasteiger partial charge >= 0.3 is 0 Å². The van der Waals surface area contributed by atoms with E-state index in [2.05, 4.69) is 35.2 Å². The average Bonchev–Trinajstić information content (AvgIpc) is 2.96. The van der Waals surface area contributed by atoms with Gasteiger partial charge in [-0.15, -0.1) is 11.3 Å². The highest BCUT2D eigenvalue weighted by atomic mass is 35.5. The minimum atomic E-state index is 0.273. The molecule has 1 aromatic carbocycles. The third-order valence-corrected chi connectivity index (χ3v) is 4.78. The molecule has 2 nitrogen and oxygen atoms in total. The molecule has 0 amide bonds. The predicted molar refractivity (Wildman–Crippen MR) is 76.8 cm³/mol. The van der Waals surface area contributed by atoms with Gasteiger partial charge in [-0.25, -0.2) is 0 Å².